The predicted octanol–water partition coefficient (Wildman–Crippen LogP) is 2.50. The number of aromatic amines is 1. The Kier molecular flexibility index (Phi) is 3.95. The molecule has 4 N–H and O–H groups in total. The van der Waals surface area contributed by atoms with Gasteiger partial charge in [0, 0.05) is 37.7 Å². The number of pyridine rings is 1. The van der Waals surface area contributed by atoms with Crippen LogP contribution in [0, 0.1) is 0 Å². The molecule has 2 saturated heterocycles. The van der Waals surface area contributed by atoms with Crippen molar-refractivity contribution in [2.24, 2.45) is 0 Å². The molecule has 0 bridgehead atoms. The van der Waals surface area contributed by atoms with Crippen LogP contribution in [0.3, 0.4) is 0 Å². The van der Waals surface area contributed by atoms with E-state index >= 15 is 0 Å². The van der Waals surface area contributed by atoms with Gasteiger partial charge in [0.25, 0.3) is 0 Å². The molecule has 29 heavy (non-hydrogen) atoms. The number of aromatic nitrogens is 2. The quantitative estimate of drug-likeness (QED) is 0.586. The van der Waals surface area contributed by atoms with Crippen molar-refractivity contribution in [3.05, 3.63) is 40.0 Å². The third-order valence-electron chi connectivity index (χ3n) is 5.61. The van der Waals surface area contributed by atoms with E-state index in [4.69, 9.17) is 26.5 Å². The zero-order valence-electron chi connectivity index (χ0n) is 15.3. The van der Waals surface area contributed by atoms with Gasteiger partial charge in [0.15, 0.2) is 5.58 Å². The lowest BCUT2D eigenvalue weighted by Gasteiger charge is -2.39. The summed E-state index contributed by atoms with van der Waals surface area (Å²) >= 11 is 6.58. The first-order valence-electron chi connectivity index (χ1n) is 9.23. The van der Waals surface area contributed by atoms with E-state index in [9.17, 15) is 9.59 Å². The predicted molar refractivity (Wildman–Crippen MR) is 108 cm³/mol. The van der Waals surface area contributed by atoms with Crippen LogP contribution in [0.4, 0.5) is 16.3 Å². The monoisotopic (exact) mass is 415 g/mol. The molecule has 150 valence electrons. The Bertz CT molecular complexity index is 1180. The molecule has 2 aliphatic heterocycles. The van der Waals surface area contributed by atoms with Crippen LogP contribution < -0.4 is 21.7 Å². The summed E-state index contributed by atoms with van der Waals surface area (Å²) in [6, 6.07) is 5.40. The number of nitrogens with two attached hydrogens (primary N) is 1. The van der Waals surface area contributed by atoms with Gasteiger partial charge in [-0.25, -0.2) is 14.6 Å². The Labute approximate surface area is 169 Å². The van der Waals surface area contributed by atoms with E-state index in [0.717, 1.165) is 16.8 Å². The molecule has 3 aromatic rings. The Morgan fingerprint density at radius 2 is 2.03 bits per heavy atom. The molecule has 10 heteroatoms. The largest absolute Gasteiger partial charge is 0.441 e. The molecule has 9 nitrogen and oxygen atoms in total. The van der Waals surface area contributed by atoms with Gasteiger partial charge in [-0.3, -0.25) is 4.98 Å². The van der Waals surface area contributed by atoms with Crippen molar-refractivity contribution in [2.75, 3.05) is 30.3 Å². The lowest BCUT2D eigenvalue weighted by Crippen LogP contribution is -2.47. The van der Waals surface area contributed by atoms with Crippen LogP contribution in [0.5, 0.6) is 0 Å². The van der Waals surface area contributed by atoms with Gasteiger partial charge in [0.05, 0.1) is 17.7 Å². The first kappa shape index (κ1) is 17.9. The second-order valence-electron chi connectivity index (χ2n) is 7.36. The number of benzene rings is 1. The number of carbonyl (C=O) groups excluding carboxylic acids is 1. The number of amides is 1. The molecule has 0 aliphatic carbocycles. The van der Waals surface area contributed by atoms with Crippen molar-refractivity contribution in [3.63, 3.8) is 0 Å². The summed E-state index contributed by atoms with van der Waals surface area (Å²) in [7, 11) is 0. The molecule has 0 unspecified atom stereocenters. The number of nitrogen functional groups attached to an aromatic ring is 1. The van der Waals surface area contributed by atoms with E-state index < -0.39 is 11.4 Å². The van der Waals surface area contributed by atoms with Crippen LogP contribution in [0.15, 0.2) is 33.6 Å². The summed E-state index contributed by atoms with van der Waals surface area (Å²) in [5.74, 6) is -0.260. The maximum Gasteiger partial charge on any atom is 0.417 e. The van der Waals surface area contributed by atoms with Crippen LogP contribution in [0.25, 0.3) is 22.2 Å². The van der Waals surface area contributed by atoms with E-state index in [-0.39, 0.29) is 11.9 Å². The fraction of sp³-hybridized carbons (Fsp3) is 0.316. The maximum atomic E-state index is 11.5. The normalized spacial score (nSPS) is 18.2. The van der Waals surface area contributed by atoms with Crippen molar-refractivity contribution < 1.29 is 13.9 Å². The van der Waals surface area contributed by atoms with Gasteiger partial charge in [0.1, 0.15) is 16.4 Å². The molecule has 0 saturated carbocycles. The maximum absolute atomic E-state index is 11.5. The van der Waals surface area contributed by atoms with E-state index in [0.29, 0.717) is 48.6 Å². The summed E-state index contributed by atoms with van der Waals surface area (Å²) in [4.78, 5) is 32.0. The van der Waals surface area contributed by atoms with Crippen molar-refractivity contribution in [1.29, 1.82) is 0 Å². The number of halogens is 1. The standard InChI is InChI=1S/C19H18ClN5O4/c20-14-15(25-5-3-19(4-6-25)9-23-17(26)29-19)11(8-22-16(14)21)10-1-2-13-12(7-10)24-18(27)28-13/h1-2,7-8H,3-6,9H2,(H2,21,22)(H,23,26)(H,24,27). The van der Waals surface area contributed by atoms with Crippen LogP contribution in [0.1, 0.15) is 12.8 Å². The van der Waals surface area contributed by atoms with Crippen molar-refractivity contribution in [1.82, 2.24) is 15.3 Å². The van der Waals surface area contributed by atoms with Gasteiger partial charge >= 0.3 is 11.8 Å². The third kappa shape index (κ3) is 2.98. The molecule has 1 spiro atoms. The topological polar surface area (TPSA) is 126 Å². The number of rotatable bonds is 2. The average Bonchev–Trinajstić information content (AvgIpc) is 3.25. The van der Waals surface area contributed by atoms with Crippen LogP contribution in [-0.4, -0.2) is 41.3 Å². The summed E-state index contributed by atoms with van der Waals surface area (Å²) in [6.45, 7) is 1.81. The zero-order valence-corrected chi connectivity index (χ0v) is 16.1. The Hall–Kier alpha value is -3.20. The molecule has 0 radical (unpaired) electrons. The Morgan fingerprint density at radius 1 is 1.24 bits per heavy atom. The number of anilines is 2. The molecular formula is C19H18ClN5O4. The number of carbonyl (C=O) groups is 1. The minimum Gasteiger partial charge on any atom is -0.441 e. The minimum atomic E-state index is -0.508. The molecule has 2 aliphatic rings. The number of ether oxygens (including phenoxy) is 1. The van der Waals surface area contributed by atoms with Gasteiger partial charge < -0.3 is 25.1 Å². The first-order valence-corrected chi connectivity index (χ1v) is 9.61. The number of piperidine rings is 1. The summed E-state index contributed by atoms with van der Waals surface area (Å²) in [5, 5.41) is 3.11. The van der Waals surface area contributed by atoms with Crippen molar-refractivity contribution >= 4 is 40.3 Å². The SMILES string of the molecule is Nc1ncc(-c2ccc3oc(=O)[nH]c3c2)c(N2CCC3(CC2)CNC(=O)O3)c1Cl. The Morgan fingerprint density at radius 3 is 2.76 bits per heavy atom. The highest BCUT2D eigenvalue weighted by molar-refractivity contribution is 6.36. The van der Waals surface area contributed by atoms with Crippen LogP contribution in [-0.2, 0) is 4.74 Å². The van der Waals surface area contributed by atoms with Gasteiger partial charge in [-0.15, -0.1) is 0 Å². The highest BCUT2D eigenvalue weighted by Gasteiger charge is 2.43. The molecule has 4 heterocycles. The van der Waals surface area contributed by atoms with Crippen molar-refractivity contribution in [2.45, 2.75) is 18.4 Å². The number of fused-ring (bicyclic) bond motifs is 1. The highest BCUT2D eigenvalue weighted by atomic mass is 35.5. The van der Waals surface area contributed by atoms with Gasteiger partial charge in [0.2, 0.25) is 0 Å². The van der Waals surface area contributed by atoms with E-state index in [2.05, 4.69) is 20.2 Å². The second-order valence-corrected chi connectivity index (χ2v) is 7.74. The Balaban J connectivity index is 1.53. The van der Waals surface area contributed by atoms with Gasteiger partial charge in [-0.2, -0.15) is 0 Å². The van der Waals surface area contributed by atoms with Crippen molar-refractivity contribution in [3.8, 4) is 11.1 Å². The molecular weight excluding hydrogens is 398 g/mol. The highest BCUT2D eigenvalue weighted by Crippen LogP contribution is 2.42. The smallest absolute Gasteiger partial charge is 0.417 e. The minimum absolute atomic E-state index is 0.248. The van der Waals surface area contributed by atoms with Crippen LogP contribution in [0.2, 0.25) is 5.02 Å². The fourth-order valence-electron chi connectivity index (χ4n) is 4.05. The fourth-order valence-corrected chi connectivity index (χ4v) is 4.32. The number of H-pyrrole nitrogens is 1. The lowest BCUT2D eigenvalue weighted by atomic mass is 9.91. The molecule has 2 aromatic heterocycles. The number of alkyl carbamates (subject to hydrolysis) is 1. The van der Waals surface area contributed by atoms with Gasteiger partial charge in [-0.1, -0.05) is 17.7 Å². The second kappa shape index (κ2) is 6.41. The molecule has 5 rings (SSSR count). The first-order chi connectivity index (χ1) is 13.9. The lowest BCUT2D eigenvalue weighted by molar-refractivity contribution is 0.0367. The number of nitrogens with zero attached hydrogens (tertiary/aromatic N) is 2. The van der Waals surface area contributed by atoms with Gasteiger partial charge in [-0.05, 0) is 17.7 Å². The zero-order chi connectivity index (χ0) is 20.2. The third-order valence-corrected chi connectivity index (χ3v) is 5.98. The van der Waals surface area contributed by atoms with E-state index in [1.165, 1.54) is 0 Å². The summed E-state index contributed by atoms with van der Waals surface area (Å²) < 4.78 is 10.6. The average molecular weight is 416 g/mol. The summed E-state index contributed by atoms with van der Waals surface area (Å²) in [6.07, 6.45) is 2.67. The molecule has 1 aromatic carbocycles. The van der Waals surface area contributed by atoms with E-state index in [1.807, 2.05) is 12.1 Å². The molecule has 0 atom stereocenters. The number of oxazole rings is 1. The number of nitrogens with one attached hydrogen (secondary N) is 2. The molecule has 1 amide bonds. The number of hydrogen-bond donors (Lipinski definition) is 3. The number of hydrogen-bond acceptors (Lipinski definition) is 7. The molecule has 2 fully saturated rings. The summed E-state index contributed by atoms with van der Waals surface area (Å²) in [5.41, 5.74) is 8.99. The van der Waals surface area contributed by atoms with E-state index in [1.54, 1.807) is 12.3 Å². The van der Waals surface area contributed by atoms with Crippen LogP contribution >= 0.6 is 11.6 Å².